The van der Waals surface area contributed by atoms with Gasteiger partial charge < -0.3 is 20.1 Å². The highest BCUT2D eigenvalue weighted by Crippen LogP contribution is 2.21. The highest BCUT2D eigenvalue weighted by molar-refractivity contribution is 5.77. The van der Waals surface area contributed by atoms with E-state index in [0.717, 1.165) is 32.3 Å². The molecule has 1 heterocycles. The van der Waals surface area contributed by atoms with Gasteiger partial charge in [0.25, 0.3) is 0 Å². The van der Waals surface area contributed by atoms with Crippen LogP contribution in [0.3, 0.4) is 0 Å². The molecule has 0 aromatic heterocycles. The lowest BCUT2D eigenvalue weighted by atomic mass is 10.1. The molecule has 0 bridgehead atoms. The van der Waals surface area contributed by atoms with Gasteiger partial charge in [-0.2, -0.15) is 0 Å². The number of amides is 1. The van der Waals surface area contributed by atoms with E-state index in [9.17, 15) is 9.90 Å². The number of carbonyl (C=O) groups is 1. The maximum Gasteiger partial charge on any atom is 0.222 e. The number of carbonyl (C=O) groups excluding carboxylic acids is 1. The van der Waals surface area contributed by atoms with Gasteiger partial charge in [0.15, 0.2) is 0 Å². The van der Waals surface area contributed by atoms with E-state index in [1.165, 1.54) is 0 Å². The highest BCUT2D eigenvalue weighted by Gasteiger charge is 2.35. The number of methoxy groups -OCH3 is 1. The van der Waals surface area contributed by atoms with Crippen LogP contribution in [0.2, 0.25) is 0 Å². The van der Waals surface area contributed by atoms with Gasteiger partial charge in [0, 0.05) is 38.3 Å². The number of ether oxygens (including phenoxy) is 1. The number of nitrogens with zero attached hydrogens (tertiary/aromatic N) is 1. The summed E-state index contributed by atoms with van der Waals surface area (Å²) in [6, 6.07) is 0.246. The van der Waals surface area contributed by atoms with Gasteiger partial charge in [-0.1, -0.05) is 6.42 Å². The highest BCUT2D eigenvalue weighted by atomic mass is 16.5. The molecule has 1 saturated heterocycles. The van der Waals surface area contributed by atoms with E-state index in [-0.39, 0.29) is 30.1 Å². The Kier molecular flexibility index (Phi) is 7.63. The van der Waals surface area contributed by atoms with Crippen LogP contribution in [0.15, 0.2) is 0 Å². The lowest BCUT2D eigenvalue weighted by molar-refractivity contribution is -0.132. The number of nitrogens with one attached hydrogen (secondary N) is 1. The number of rotatable bonds is 8. The monoisotopic (exact) mass is 300 g/mol. The van der Waals surface area contributed by atoms with Crippen molar-refractivity contribution in [3.05, 3.63) is 0 Å². The zero-order valence-electron chi connectivity index (χ0n) is 14.0. The van der Waals surface area contributed by atoms with E-state index in [0.29, 0.717) is 13.0 Å². The Morgan fingerprint density at radius 3 is 2.62 bits per heavy atom. The third-order valence-electron chi connectivity index (χ3n) is 3.82. The zero-order chi connectivity index (χ0) is 15.9. The molecule has 2 N–H and O–H groups in total. The molecule has 0 aromatic carbocycles. The molecule has 1 aliphatic rings. The number of hydrogen-bond donors (Lipinski definition) is 2. The van der Waals surface area contributed by atoms with Crippen LogP contribution >= 0.6 is 0 Å². The van der Waals surface area contributed by atoms with E-state index >= 15 is 0 Å². The number of unbranched alkanes of at least 4 members (excludes halogenated alkanes) is 2. The van der Waals surface area contributed by atoms with Crippen LogP contribution in [0.1, 0.15) is 52.9 Å². The molecular weight excluding hydrogens is 268 g/mol. The fraction of sp³-hybridized carbons (Fsp3) is 0.938. The van der Waals surface area contributed by atoms with Crippen molar-refractivity contribution < 1.29 is 14.6 Å². The van der Waals surface area contributed by atoms with Crippen molar-refractivity contribution in [3.8, 4) is 0 Å². The normalized spacial score (nSPS) is 22.8. The van der Waals surface area contributed by atoms with Crippen LogP contribution in [-0.2, 0) is 9.53 Å². The van der Waals surface area contributed by atoms with Crippen LogP contribution in [0.25, 0.3) is 0 Å². The summed E-state index contributed by atoms with van der Waals surface area (Å²) in [4.78, 5) is 14.2. The second-order valence-corrected chi connectivity index (χ2v) is 7.01. The van der Waals surface area contributed by atoms with Gasteiger partial charge in [-0.3, -0.25) is 4.79 Å². The van der Waals surface area contributed by atoms with E-state index in [4.69, 9.17) is 4.74 Å². The molecule has 2 atom stereocenters. The number of likely N-dealkylation sites (tertiary alicyclic amines) is 1. The zero-order valence-corrected chi connectivity index (χ0v) is 14.0. The molecule has 0 radical (unpaired) electrons. The minimum absolute atomic E-state index is 0.0312. The number of hydrogen-bond acceptors (Lipinski definition) is 4. The van der Waals surface area contributed by atoms with Gasteiger partial charge in [0.2, 0.25) is 5.91 Å². The molecule has 0 aliphatic carbocycles. The molecule has 1 amide bonds. The first-order valence-corrected chi connectivity index (χ1v) is 8.04. The lowest BCUT2D eigenvalue weighted by Gasteiger charge is -2.26. The molecule has 0 saturated carbocycles. The van der Waals surface area contributed by atoms with Gasteiger partial charge in [0.1, 0.15) is 0 Å². The fourth-order valence-electron chi connectivity index (χ4n) is 2.96. The van der Waals surface area contributed by atoms with Gasteiger partial charge in [-0.25, -0.2) is 0 Å². The fourth-order valence-corrected chi connectivity index (χ4v) is 2.96. The second-order valence-electron chi connectivity index (χ2n) is 7.01. The topological polar surface area (TPSA) is 61.8 Å². The Hall–Kier alpha value is -0.650. The Labute approximate surface area is 129 Å². The van der Waals surface area contributed by atoms with Crippen LogP contribution < -0.4 is 5.32 Å². The molecule has 2 unspecified atom stereocenters. The van der Waals surface area contributed by atoms with Gasteiger partial charge in [-0.15, -0.1) is 0 Å². The number of aliphatic hydroxyl groups is 1. The van der Waals surface area contributed by atoms with Gasteiger partial charge in [0.05, 0.1) is 12.6 Å². The minimum Gasteiger partial charge on any atom is -0.394 e. The Morgan fingerprint density at radius 2 is 2.05 bits per heavy atom. The average Bonchev–Trinajstić information content (AvgIpc) is 2.79. The summed E-state index contributed by atoms with van der Waals surface area (Å²) in [5, 5.41) is 13.0. The Balaban J connectivity index is 2.39. The quantitative estimate of drug-likeness (QED) is 0.668. The molecule has 0 spiro atoms. The third kappa shape index (κ3) is 6.76. The van der Waals surface area contributed by atoms with Crippen molar-refractivity contribution in [3.63, 3.8) is 0 Å². The summed E-state index contributed by atoms with van der Waals surface area (Å²) in [6.45, 7) is 7.90. The SMILES string of the molecule is COCCCCCC(=O)N1CC(NC(C)(C)C)CC1CO. The van der Waals surface area contributed by atoms with Gasteiger partial charge >= 0.3 is 0 Å². The maximum absolute atomic E-state index is 12.3. The summed E-state index contributed by atoms with van der Waals surface area (Å²) in [5.41, 5.74) is 0.0316. The summed E-state index contributed by atoms with van der Waals surface area (Å²) < 4.78 is 5.01. The third-order valence-corrected chi connectivity index (χ3v) is 3.82. The van der Waals surface area contributed by atoms with E-state index in [1.54, 1.807) is 7.11 Å². The first kappa shape index (κ1) is 18.4. The second kappa shape index (κ2) is 8.71. The minimum atomic E-state index is -0.0312. The first-order valence-electron chi connectivity index (χ1n) is 8.04. The predicted molar refractivity (Wildman–Crippen MR) is 84.2 cm³/mol. The van der Waals surface area contributed by atoms with Crippen LogP contribution in [0.4, 0.5) is 0 Å². The summed E-state index contributed by atoms with van der Waals surface area (Å²) in [7, 11) is 1.70. The van der Waals surface area contributed by atoms with Crippen LogP contribution in [0.5, 0.6) is 0 Å². The molecule has 1 aliphatic heterocycles. The first-order chi connectivity index (χ1) is 9.87. The van der Waals surface area contributed by atoms with Crippen molar-refractivity contribution in [2.24, 2.45) is 0 Å². The van der Waals surface area contributed by atoms with Crippen molar-refractivity contribution in [2.45, 2.75) is 70.5 Å². The molecule has 1 rings (SSSR count). The molecule has 5 heteroatoms. The average molecular weight is 300 g/mol. The van der Waals surface area contributed by atoms with Crippen LogP contribution in [0, 0.1) is 0 Å². The largest absolute Gasteiger partial charge is 0.394 e. The molecule has 1 fully saturated rings. The van der Waals surface area contributed by atoms with E-state index < -0.39 is 0 Å². The molecule has 124 valence electrons. The standard InChI is InChI=1S/C16H32N2O3/c1-16(2,3)17-13-10-14(12-19)18(11-13)15(20)8-6-5-7-9-21-4/h13-14,17,19H,5-12H2,1-4H3. The molecule has 21 heavy (non-hydrogen) atoms. The maximum atomic E-state index is 12.3. The molecular formula is C16H32N2O3. The van der Waals surface area contributed by atoms with Gasteiger partial charge in [-0.05, 0) is 40.0 Å². The lowest BCUT2D eigenvalue weighted by Crippen LogP contribution is -2.45. The van der Waals surface area contributed by atoms with Crippen molar-refractivity contribution in [1.29, 1.82) is 0 Å². The Morgan fingerprint density at radius 1 is 1.33 bits per heavy atom. The predicted octanol–water partition coefficient (Wildman–Crippen LogP) is 1.54. The van der Waals surface area contributed by atoms with Crippen molar-refractivity contribution in [2.75, 3.05) is 26.9 Å². The summed E-state index contributed by atoms with van der Waals surface area (Å²) in [5.74, 6) is 0.171. The molecule has 5 nitrogen and oxygen atoms in total. The van der Waals surface area contributed by atoms with Crippen molar-refractivity contribution in [1.82, 2.24) is 10.2 Å². The van der Waals surface area contributed by atoms with E-state index in [2.05, 4.69) is 26.1 Å². The smallest absolute Gasteiger partial charge is 0.222 e. The van der Waals surface area contributed by atoms with Crippen molar-refractivity contribution >= 4 is 5.91 Å². The summed E-state index contributed by atoms with van der Waals surface area (Å²) in [6.07, 6.45) is 4.32. The molecule has 0 aromatic rings. The van der Waals surface area contributed by atoms with Crippen LogP contribution in [-0.4, -0.2) is 60.4 Å². The number of aliphatic hydroxyl groups excluding tert-OH is 1. The summed E-state index contributed by atoms with van der Waals surface area (Å²) >= 11 is 0. The Bertz CT molecular complexity index is 315. The van der Waals surface area contributed by atoms with E-state index in [1.807, 2.05) is 4.90 Å².